The number of aromatic nitrogens is 2. The van der Waals surface area contributed by atoms with Crippen molar-refractivity contribution in [2.45, 2.75) is 52.4 Å². The van der Waals surface area contributed by atoms with Crippen LogP contribution in [0.3, 0.4) is 0 Å². The molecule has 2 rings (SSSR count). The van der Waals surface area contributed by atoms with Crippen LogP contribution in [-0.4, -0.2) is 16.0 Å². The SMILES string of the molecule is CCc1ccccc1NC(=O)CCc1nc(C(C)(C)C)no1. The van der Waals surface area contributed by atoms with E-state index in [0.29, 0.717) is 24.6 Å². The van der Waals surface area contributed by atoms with Crippen LogP contribution in [0.4, 0.5) is 5.69 Å². The first-order valence-corrected chi connectivity index (χ1v) is 7.61. The van der Waals surface area contributed by atoms with Gasteiger partial charge in [0.2, 0.25) is 11.8 Å². The largest absolute Gasteiger partial charge is 0.339 e. The summed E-state index contributed by atoms with van der Waals surface area (Å²) in [5.41, 5.74) is 1.85. The molecule has 0 aliphatic rings. The average molecular weight is 301 g/mol. The lowest BCUT2D eigenvalue weighted by molar-refractivity contribution is -0.116. The number of para-hydroxylation sites is 1. The monoisotopic (exact) mass is 301 g/mol. The normalized spacial score (nSPS) is 11.5. The molecule has 118 valence electrons. The Morgan fingerprint density at radius 1 is 1.27 bits per heavy atom. The summed E-state index contributed by atoms with van der Waals surface area (Å²) in [6.45, 7) is 8.14. The lowest BCUT2D eigenvalue weighted by Gasteiger charge is -2.10. The molecule has 0 saturated heterocycles. The highest BCUT2D eigenvalue weighted by atomic mass is 16.5. The molecule has 2 aromatic rings. The van der Waals surface area contributed by atoms with Crippen LogP contribution in [0.2, 0.25) is 0 Å². The summed E-state index contributed by atoms with van der Waals surface area (Å²) in [4.78, 5) is 16.4. The third-order valence-corrected chi connectivity index (χ3v) is 3.38. The van der Waals surface area contributed by atoms with E-state index in [1.807, 2.05) is 45.0 Å². The summed E-state index contributed by atoms with van der Waals surface area (Å²) in [6.07, 6.45) is 1.65. The van der Waals surface area contributed by atoms with E-state index in [0.717, 1.165) is 17.7 Å². The second-order valence-electron chi connectivity index (χ2n) is 6.32. The second-order valence-corrected chi connectivity index (χ2v) is 6.32. The molecule has 1 amide bonds. The van der Waals surface area contributed by atoms with Gasteiger partial charge < -0.3 is 9.84 Å². The van der Waals surface area contributed by atoms with Crippen LogP contribution >= 0.6 is 0 Å². The Balaban J connectivity index is 1.92. The molecule has 5 nitrogen and oxygen atoms in total. The minimum Gasteiger partial charge on any atom is -0.339 e. The number of nitrogens with one attached hydrogen (secondary N) is 1. The highest BCUT2D eigenvalue weighted by Crippen LogP contribution is 2.19. The molecule has 0 unspecified atom stereocenters. The summed E-state index contributed by atoms with van der Waals surface area (Å²) < 4.78 is 5.20. The molecule has 0 spiro atoms. The van der Waals surface area contributed by atoms with Gasteiger partial charge in [-0.2, -0.15) is 4.98 Å². The van der Waals surface area contributed by atoms with Gasteiger partial charge in [-0.05, 0) is 18.1 Å². The van der Waals surface area contributed by atoms with Crippen LogP contribution in [0.15, 0.2) is 28.8 Å². The smallest absolute Gasteiger partial charge is 0.227 e. The van der Waals surface area contributed by atoms with Gasteiger partial charge >= 0.3 is 0 Å². The molecule has 0 saturated carbocycles. The zero-order valence-corrected chi connectivity index (χ0v) is 13.6. The van der Waals surface area contributed by atoms with E-state index in [1.165, 1.54) is 0 Å². The fraction of sp³-hybridized carbons (Fsp3) is 0.471. The number of aryl methyl sites for hydroxylation is 2. The number of carbonyl (C=O) groups is 1. The predicted octanol–water partition coefficient (Wildman–Crippen LogP) is 3.50. The van der Waals surface area contributed by atoms with Crippen LogP contribution in [-0.2, 0) is 23.1 Å². The van der Waals surface area contributed by atoms with Crippen LogP contribution in [0.25, 0.3) is 0 Å². The maximum absolute atomic E-state index is 12.1. The molecular weight excluding hydrogens is 278 g/mol. The van der Waals surface area contributed by atoms with E-state index in [1.54, 1.807) is 0 Å². The zero-order valence-electron chi connectivity index (χ0n) is 13.6. The minimum atomic E-state index is -0.149. The van der Waals surface area contributed by atoms with Crippen LogP contribution in [0.1, 0.15) is 51.4 Å². The van der Waals surface area contributed by atoms with E-state index < -0.39 is 0 Å². The lowest BCUT2D eigenvalue weighted by atomic mass is 9.96. The summed E-state index contributed by atoms with van der Waals surface area (Å²) >= 11 is 0. The number of amides is 1. The van der Waals surface area contributed by atoms with E-state index in [9.17, 15) is 4.79 Å². The third kappa shape index (κ3) is 4.16. The molecule has 0 aliphatic heterocycles. The van der Waals surface area contributed by atoms with Crippen LogP contribution in [0.5, 0.6) is 0 Å². The summed E-state index contributed by atoms with van der Waals surface area (Å²) in [5, 5.41) is 6.90. The topological polar surface area (TPSA) is 68.0 Å². The molecule has 1 aromatic carbocycles. The molecule has 1 N–H and O–H groups in total. The van der Waals surface area contributed by atoms with Crippen molar-refractivity contribution in [1.29, 1.82) is 0 Å². The van der Waals surface area contributed by atoms with Gasteiger partial charge in [0.1, 0.15) is 0 Å². The first-order valence-electron chi connectivity index (χ1n) is 7.61. The van der Waals surface area contributed by atoms with Gasteiger partial charge in [0, 0.05) is 23.9 Å². The van der Waals surface area contributed by atoms with Crippen molar-refractivity contribution >= 4 is 11.6 Å². The Hall–Kier alpha value is -2.17. The number of rotatable bonds is 5. The summed E-state index contributed by atoms with van der Waals surface area (Å²) in [6, 6.07) is 7.83. The van der Waals surface area contributed by atoms with Gasteiger partial charge in [0.25, 0.3) is 0 Å². The van der Waals surface area contributed by atoms with Crippen molar-refractivity contribution in [3.8, 4) is 0 Å². The number of carbonyl (C=O) groups excluding carboxylic acids is 1. The molecule has 0 atom stereocenters. The summed E-state index contributed by atoms with van der Waals surface area (Å²) in [5.74, 6) is 1.12. The van der Waals surface area contributed by atoms with Gasteiger partial charge in [-0.15, -0.1) is 0 Å². The molecule has 0 bridgehead atoms. The van der Waals surface area contributed by atoms with Crippen LogP contribution < -0.4 is 5.32 Å². The number of hydrogen-bond acceptors (Lipinski definition) is 4. The highest BCUT2D eigenvalue weighted by Gasteiger charge is 2.21. The maximum atomic E-state index is 12.1. The van der Waals surface area contributed by atoms with E-state index >= 15 is 0 Å². The quantitative estimate of drug-likeness (QED) is 0.917. The molecule has 1 aromatic heterocycles. The van der Waals surface area contributed by atoms with Crippen LogP contribution in [0, 0.1) is 0 Å². The van der Waals surface area contributed by atoms with E-state index in [4.69, 9.17) is 4.52 Å². The molecule has 22 heavy (non-hydrogen) atoms. The van der Waals surface area contributed by atoms with Gasteiger partial charge in [-0.25, -0.2) is 0 Å². The standard InChI is InChI=1S/C17H23N3O2/c1-5-12-8-6-7-9-13(12)18-14(21)10-11-15-19-16(20-22-15)17(2,3)4/h6-9H,5,10-11H2,1-4H3,(H,18,21). The average Bonchev–Trinajstić information content (AvgIpc) is 2.95. The van der Waals surface area contributed by atoms with Crippen molar-refractivity contribution in [2.24, 2.45) is 0 Å². The minimum absolute atomic E-state index is 0.0450. The Labute approximate surface area is 131 Å². The van der Waals surface area contributed by atoms with Crippen molar-refractivity contribution < 1.29 is 9.32 Å². The van der Waals surface area contributed by atoms with Crippen molar-refractivity contribution in [3.05, 3.63) is 41.5 Å². The van der Waals surface area contributed by atoms with Crippen molar-refractivity contribution in [3.63, 3.8) is 0 Å². The molecule has 0 radical (unpaired) electrons. The molecule has 5 heteroatoms. The fourth-order valence-corrected chi connectivity index (χ4v) is 2.04. The van der Waals surface area contributed by atoms with Gasteiger partial charge in [-0.3, -0.25) is 4.79 Å². The van der Waals surface area contributed by atoms with Crippen molar-refractivity contribution in [1.82, 2.24) is 10.1 Å². The molecule has 0 aliphatic carbocycles. The third-order valence-electron chi connectivity index (χ3n) is 3.38. The highest BCUT2D eigenvalue weighted by molar-refractivity contribution is 5.91. The number of benzene rings is 1. The van der Waals surface area contributed by atoms with Gasteiger partial charge in [0.05, 0.1) is 0 Å². The number of nitrogens with zero attached hydrogens (tertiary/aromatic N) is 2. The first kappa shape index (κ1) is 16.2. The molecule has 1 heterocycles. The summed E-state index contributed by atoms with van der Waals surface area (Å²) in [7, 11) is 0. The fourth-order valence-electron chi connectivity index (χ4n) is 2.04. The lowest BCUT2D eigenvalue weighted by Crippen LogP contribution is -2.14. The Bertz CT molecular complexity index is 641. The Morgan fingerprint density at radius 2 is 2.00 bits per heavy atom. The Morgan fingerprint density at radius 3 is 2.64 bits per heavy atom. The zero-order chi connectivity index (χ0) is 16.2. The Kier molecular flexibility index (Phi) is 4.96. The van der Waals surface area contributed by atoms with E-state index in [2.05, 4.69) is 22.4 Å². The first-order chi connectivity index (χ1) is 10.4. The van der Waals surface area contributed by atoms with Crippen molar-refractivity contribution in [2.75, 3.05) is 5.32 Å². The molecular formula is C17H23N3O2. The number of anilines is 1. The van der Waals surface area contributed by atoms with Gasteiger partial charge in [0.15, 0.2) is 5.82 Å². The second kappa shape index (κ2) is 6.73. The predicted molar refractivity (Wildman–Crippen MR) is 85.8 cm³/mol. The number of hydrogen-bond donors (Lipinski definition) is 1. The molecule has 0 fully saturated rings. The maximum Gasteiger partial charge on any atom is 0.227 e. The van der Waals surface area contributed by atoms with E-state index in [-0.39, 0.29) is 11.3 Å². The van der Waals surface area contributed by atoms with Gasteiger partial charge in [-0.1, -0.05) is 51.1 Å².